The standard InChI is InChI=1S/C21H15ClN4OS/c1-14-20(28-18-10-6-5-9-16(18)22)19(15-7-3-2-4-8-15)26(25-14)21(27)17-13-23-11-12-24-17/h2-13H,1H3. The van der Waals surface area contributed by atoms with E-state index >= 15 is 0 Å². The normalized spacial score (nSPS) is 10.8. The molecule has 2 aromatic heterocycles. The average Bonchev–Trinajstić information content (AvgIpc) is 3.06. The van der Waals surface area contributed by atoms with E-state index in [1.807, 2.05) is 61.5 Å². The summed E-state index contributed by atoms with van der Waals surface area (Å²) in [5.41, 5.74) is 2.56. The quantitative estimate of drug-likeness (QED) is 0.469. The fraction of sp³-hybridized carbons (Fsp3) is 0.0476. The number of benzene rings is 2. The van der Waals surface area contributed by atoms with Crippen LogP contribution in [0.4, 0.5) is 0 Å². The van der Waals surface area contributed by atoms with E-state index in [2.05, 4.69) is 15.1 Å². The van der Waals surface area contributed by atoms with E-state index in [4.69, 9.17) is 11.6 Å². The molecule has 0 N–H and O–H groups in total. The van der Waals surface area contributed by atoms with Gasteiger partial charge < -0.3 is 0 Å². The summed E-state index contributed by atoms with van der Waals surface area (Å²) in [5.74, 6) is -0.332. The monoisotopic (exact) mass is 406 g/mol. The van der Waals surface area contributed by atoms with Crippen LogP contribution in [-0.2, 0) is 0 Å². The molecule has 138 valence electrons. The highest BCUT2D eigenvalue weighted by atomic mass is 35.5. The van der Waals surface area contributed by atoms with Gasteiger partial charge in [0.15, 0.2) is 0 Å². The van der Waals surface area contributed by atoms with Gasteiger partial charge >= 0.3 is 0 Å². The van der Waals surface area contributed by atoms with Crippen molar-refractivity contribution in [3.05, 3.63) is 89.6 Å². The Hall–Kier alpha value is -2.96. The second kappa shape index (κ2) is 7.96. The summed E-state index contributed by atoms with van der Waals surface area (Å²) in [6, 6.07) is 17.3. The van der Waals surface area contributed by atoms with Crippen LogP contribution in [0.25, 0.3) is 11.3 Å². The van der Waals surface area contributed by atoms with Crippen LogP contribution in [-0.4, -0.2) is 25.7 Å². The number of halogens is 1. The smallest absolute Gasteiger partial charge is 0.265 e. The molecule has 5 nitrogen and oxygen atoms in total. The van der Waals surface area contributed by atoms with Crippen molar-refractivity contribution in [2.45, 2.75) is 16.7 Å². The minimum Gasteiger partial charge on any atom is -0.265 e. The molecule has 0 bridgehead atoms. The predicted octanol–water partition coefficient (Wildman–Crippen LogP) is 5.14. The molecule has 0 amide bonds. The van der Waals surface area contributed by atoms with Crippen molar-refractivity contribution in [3.8, 4) is 11.3 Å². The van der Waals surface area contributed by atoms with Crippen molar-refractivity contribution in [2.75, 3.05) is 0 Å². The molecule has 0 saturated carbocycles. The Morgan fingerprint density at radius 2 is 1.79 bits per heavy atom. The lowest BCUT2D eigenvalue weighted by molar-refractivity contribution is 0.0941. The third kappa shape index (κ3) is 3.56. The van der Waals surface area contributed by atoms with E-state index < -0.39 is 0 Å². The summed E-state index contributed by atoms with van der Waals surface area (Å²) in [4.78, 5) is 23.0. The van der Waals surface area contributed by atoms with E-state index in [0.29, 0.717) is 10.7 Å². The lowest BCUT2D eigenvalue weighted by atomic mass is 10.1. The Morgan fingerprint density at radius 3 is 2.50 bits per heavy atom. The number of nitrogens with zero attached hydrogens (tertiary/aromatic N) is 4. The van der Waals surface area contributed by atoms with Crippen LogP contribution >= 0.6 is 23.4 Å². The van der Waals surface area contributed by atoms with Gasteiger partial charge in [-0.05, 0) is 19.1 Å². The number of aryl methyl sites for hydroxylation is 1. The lowest BCUT2D eigenvalue weighted by Gasteiger charge is -2.09. The summed E-state index contributed by atoms with van der Waals surface area (Å²) in [5, 5.41) is 5.18. The molecule has 0 spiro atoms. The fourth-order valence-electron chi connectivity index (χ4n) is 2.79. The van der Waals surface area contributed by atoms with Crippen molar-refractivity contribution in [1.29, 1.82) is 0 Å². The van der Waals surface area contributed by atoms with Crippen molar-refractivity contribution in [2.24, 2.45) is 0 Å². The molecule has 0 aliphatic heterocycles. The highest BCUT2D eigenvalue weighted by Crippen LogP contribution is 2.41. The predicted molar refractivity (Wildman–Crippen MR) is 110 cm³/mol. The first kappa shape index (κ1) is 18.4. The van der Waals surface area contributed by atoms with Gasteiger partial charge in [0.2, 0.25) is 0 Å². The molecule has 0 radical (unpaired) electrons. The SMILES string of the molecule is Cc1nn(C(=O)c2cnccn2)c(-c2ccccc2)c1Sc1ccccc1Cl. The first-order valence-corrected chi connectivity index (χ1v) is 9.72. The Kier molecular flexibility index (Phi) is 5.23. The highest BCUT2D eigenvalue weighted by Gasteiger charge is 2.24. The van der Waals surface area contributed by atoms with Crippen molar-refractivity contribution < 1.29 is 4.79 Å². The Balaban J connectivity index is 1.88. The second-order valence-corrected chi connectivity index (χ2v) is 7.43. The average molecular weight is 407 g/mol. The molecule has 2 aromatic carbocycles. The van der Waals surface area contributed by atoms with Crippen LogP contribution in [0.5, 0.6) is 0 Å². The van der Waals surface area contributed by atoms with E-state index in [9.17, 15) is 4.79 Å². The number of rotatable bonds is 4. The van der Waals surface area contributed by atoms with Gasteiger partial charge in [-0.2, -0.15) is 9.78 Å². The molecular weight excluding hydrogens is 392 g/mol. The van der Waals surface area contributed by atoms with Crippen LogP contribution in [0, 0.1) is 6.92 Å². The minimum absolute atomic E-state index is 0.233. The fourth-order valence-corrected chi connectivity index (χ4v) is 4.06. The number of aromatic nitrogens is 4. The molecule has 28 heavy (non-hydrogen) atoms. The van der Waals surface area contributed by atoms with Crippen LogP contribution in [0.2, 0.25) is 5.02 Å². The van der Waals surface area contributed by atoms with Crippen LogP contribution in [0.1, 0.15) is 16.2 Å². The molecule has 2 heterocycles. The number of hydrogen-bond acceptors (Lipinski definition) is 5. The maximum Gasteiger partial charge on any atom is 0.298 e. The van der Waals surface area contributed by atoms with Crippen molar-refractivity contribution in [1.82, 2.24) is 19.7 Å². The molecule has 0 atom stereocenters. The zero-order valence-corrected chi connectivity index (χ0v) is 16.5. The van der Waals surface area contributed by atoms with Gasteiger partial charge in [-0.25, -0.2) is 4.98 Å². The second-order valence-electron chi connectivity index (χ2n) is 5.97. The van der Waals surface area contributed by atoms with E-state index in [1.54, 1.807) is 0 Å². The van der Waals surface area contributed by atoms with E-state index in [-0.39, 0.29) is 11.6 Å². The maximum absolute atomic E-state index is 13.1. The molecule has 7 heteroatoms. The third-order valence-corrected chi connectivity index (χ3v) is 5.79. The molecule has 0 saturated heterocycles. The van der Waals surface area contributed by atoms with Gasteiger partial charge in [0.1, 0.15) is 5.69 Å². The van der Waals surface area contributed by atoms with Crippen LogP contribution < -0.4 is 0 Å². The zero-order chi connectivity index (χ0) is 19.5. The Bertz CT molecular complexity index is 1130. The number of hydrogen-bond donors (Lipinski definition) is 0. The third-order valence-electron chi connectivity index (χ3n) is 4.08. The first-order chi connectivity index (χ1) is 13.6. The Labute approximate surface area is 171 Å². The van der Waals surface area contributed by atoms with E-state index in [1.165, 1.54) is 35.0 Å². The summed E-state index contributed by atoms with van der Waals surface area (Å²) >= 11 is 7.85. The van der Waals surface area contributed by atoms with E-state index in [0.717, 1.165) is 21.0 Å². The van der Waals surface area contributed by atoms with Crippen LogP contribution in [0.15, 0.2) is 83.0 Å². The van der Waals surface area contributed by atoms with Gasteiger partial charge in [0.05, 0.1) is 27.5 Å². The molecule has 4 aromatic rings. The Morgan fingerprint density at radius 1 is 1.04 bits per heavy atom. The molecule has 4 rings (SSSR count). The topological polar surface area (TPSA) is 60.7 Å². The van der Waals surface area contributed by atoms with Gasteiger partial charge in [0, 0.05) is 22.9 Å². The molecule has 0 unspecified atom stereocenters. The summed E-state index contributed by atoms with van der Waals surface area (Å²) < 4.78 is 1.40. The molecular formula is C21H15ClN4OS. The number of carbonyl (C=O) groups excluding carboxylic acids is 1. The van der Waals surface area contributed by atoms with Crippen molar-refractivity contribution >= 4 is 29.3 Å². The minimum atomic E-state index is -0.332. The van der Waals surface area contributed by atoms with Crippen molar-refractivity contribution in [3.63, 3.8) is 0 Å². The zero-order valence-electron chi connectivity index (χ0n) is 14.9. The van der Waals surface area contributed by atoms with Gasteiger partial charge in [-0.1, -0.05) is 65.8 Å². The molecule has 0 fully saturated rings. The summed E-state index contributed by atoms with van der Waals surface area (Å²) in [6.45, 7) is 1.88. The van der Waals surface area contributed by atoms with Gasteiger partial charge in [-0.3, -0.25) is 9.78 Å². The van der Waals surface area contributed by atoms with Gasteiger partial charge in [-0.15, -0.1) is 0 Å². The summed E-state index contributed by atoms with van der Waals surface area (Å²) in [7, 11) is 0. The number of carbonyl (C=O) groups is 1. The first-order valence-electron chi connectivity index (χ1n) is 8.53. The van der Waals surface area contributed by atoms with Gasteiger partial charge in [0.25, 0.3) is 5.91 Å². The molecule has 0 aliphatic carbocycles. The summed E-state index contributed by atoms with van der Waals surface area (Å²) in [6.07, 6.45) is 4.46. The largest absolute Gasteiger partial charge is 0.298 e. The highest BCUT2D eigenvalue weighted by molar-refractivity contribution is 7.99. The maximum atomic E-state index is 13.1. The van der Waals surface area contributed by atoms with Crippen LogP contribution in [0.3, 0.4) is 0 Å². The molecule has 0 aliphatic rings. The lowest BCUT2D eigenvalue weighted by Crippen LogP contribution is -2.16.